The maximum atomic E-state index is 13.0. The third kappa shape index (κ3) is 3.46. The number of hydrogen-bond acceptors (Lipinski definition) is 6. The first-order valence-electron chi connectivity index (χ1n) is 9.53. The molecule has 7 heteroatoms. The Bertz CT molecular complexity index is 933. The van der Waals surface area contributed by atoms with Gasteiger partial charge in [0.2, 0.25) is 0 Å². The maximum absolute atomic E-state index is 13.0. The summed E-state index contributed by atoms with van der Waals surface area (Å²) in [4.78, 5) is 26.6. The van der Waals surface area contributed by atoms with E-state index in [1.165, 1.54) is 18.4 Å². The molecule has 0 atom stereocenters. The quantitative estimate of drug-likeness (QED) is 0.783. The van der Waals surface area contributed by atoms with E-state index in [-0.39, 0.29) is 5.91 Å². The van der Waals surface area contributed by atoms with E-state index in [1.54, 1.807) is 6.07 Å². The van der Waals surface area contributed by atoms with Crippen LogP contribution < -0.4 is 14.8 Å². The van der Waals surface area contributed by atoms with Crippen LogP contribution in [-0.4, -0.2) is 32.2 Å². The van der Waals surface area contributed by atoms with E-state index in [2.05, 4.69) is 5.32 Å². The Morgan fingerprint density at radius 3 is 2.54 bits per heavy atom. The number of anilines is 1. The third-order valence-corrected chi connectivity index (χ3v) is 6.33. The lowest BCUT2D eigenvalue weighted by Crippen LogP contribution is -2.16. The number of benzene rings is 1. The lowest BCUT2D eigenvalue weighted by atomic mass is 9.95. The standard InChI is InChI=1S/C21H23NO5S/c1-12-10-15-16(27-9-5-8-26-15)11-14(12)19(23)22-20-18(21(24)25-2)13-6-3-4-7-17(13)28-20/h10-11H,3-9H2,1-2H3,(H,22,23). The van der Waals surface area contributed by atoms with Crippen molar-refractivity contribution in [2.45, 2.75) is 39.0 Å². The number of aryl methyl sites for hydroxylation is 2. The minimum absolute atomic E-state index is 0.267. The van der Waals surface area contributed by atoms with Gasteiger partial charge in [-0.3, -0.25) is 4.79 Å². The van der Waals surface area contributed by atoms with Crippen molar-refractivity contribution in [2.24, 2.45) is 0 Å². The highest BCUT2D eigenvalue weighted by Gasteiger charge is 2.27. The molecule has 0 radical (unpaired) electrons. The second kappa shape index (κ2) is 7.83. The Balaban J connectivity index is 1.67. The molecular formula is C21H23NO5S. The van der Waals surface area contributed by atoms with Gasteiger partial charge in [0.25, 0.3) is 5.91 Å². The van der Waals surface area contributed by atoms with Crippen molar-refractivity contribution < 1.29 is 23.8 Å². The van der Waals surface area contributed by atoms with Gasteiger partial charge in [-0.2, -0.15) is 0 Å². The number of rotatable bonds is 3. The van der Waals surface area contributed by atoms with Crippen LogP contribution in [0.25, 0.3) is 0 Å². The molecule has 0 spiro atoms. The van der Waals surface area contributed by atoms with Crippen molar-refractivity contribution in [1.82, 2.24) is 0 Å². The molecule has 6 nitrogen and oxygen atoms in total. The van der Waals surface area contributed by atoms with Crippen LogP contribution in [0.3, 0.4) is 0 Å². The summed E-state index contributed by atoms with van der Waals surface area (Å²) in [6.45, 7) is 3.02. The van der Waals surface area contributed by atoms with Crippen LogP contribution in [0.4, 0.5) is 5.00 Å². The normalized spacial score (nSPS) is 15.4. The summed E-state index contributed by atoms with van der Waals surface area (Å²) in [5.41, 5.74) is 2.82. The second-order valence-electron chi connectivity index (χ2n) is 7.03. The Morgan fingerprint density at radius 2 is 1.79 bits per heavy atom. The Kier molecular flexibility index (Phi) is 5.26. The van der Waals surface area contributed by atoms with Gasteiger partial charge < -0.3 is 19.5 Å². The molecule has 1 aliphatic carbocycles. The van der Waals surface area contributed by atoms with Crippen molar-refractivity contribution >= 4 is 28.2 Å². The smallest absolute Gasteiger partial charge is 0.341 e. The first kappa shape index (κ1) is 18.8. The summed E-state index contributed by atoms with van der Waals surface area (Å²) in [6, 6.07) is 3.55. The van der Waals surface area contributed by atoms with Gasteiger partial charge >= 0.3 is 5.97 Å². The number of amides is 1. The number of thiophene rings is 1. The molecule has 1 aromatic carbocycles. The summed E-state index contributed by atoms with van der Waals surface area (Å²) in [5.74, 6) is 0.572. The predicted molar refractivity (Wildman–Crippen MR) is 107 cm³/mol. The van der Waals surface area contributed by atoms with E-state index < -0.39 is 5.97 Å². The van der Waals surface area contributed by atoms with Gasteiger partial charge in [-0.25, -0.2) is 4.79 Å². The first-order chi connectivity index (χ1) is 13.6. The largest absolute Gasteiger partial charge is 0.490 e. The molecule has 1 aromatic heterocycles. The third-order valence-electron chi connectivity index (χ3n) is 5.13. The molecule has 1 N–H and O–H groups in total. The van der Waals surface area contributed by atoms with E-state index in [9.17, 15) is 9.59 Å². The van der Waals surface area contributed by atoms with Crippen molar-refractivity contribution in [3.63, 3.8) is 0 Å². The van der Waals surface area contributed by atoms with Crippen LogP contribution in [0.5, 0.6) is 11.5 Å². The van der Waals surface area contributed by atoms with Gasteiger partial charge in [-0.15, -0.1) is 11.3 Å². The monoisotopic (exact) mass is 401 g/mol. The Hall–Kier alpha value is -2.54. The fraction of sp³-hybridized carbons (Fsp3) is 0.429. The summed E-state index contributed by atoms with van der Waals surface area (Å²) < 4.78 is 16.4. The predicted octanol–water partition coefficient (Wildman–Crippen LogP) is 4.14. The van der Waals surface area contributed by atoms with E-state index in [1.807, 2.05) is 13.0 Å². The highest BCUT2D eigenvalue weighted by molar-refractivity contribution is 7.17. The highest BCUT2D eigenvalue weighted by Crippen LogP contribution is 2.39. The van der Waals surface area contributed by atoms with Gasteiger partial charge in [-0.05, 0) is 55.9 Å². The number of ether oxygens (including phenoxy) is 3. The van der Waals surface area contributed by atoms with Crippen LogP contribution in [0.1, 0.15) is 56.0 Å². The zero-order valence-corrected chi connectivity index (χ0v) is 16.9. The van der Waals surface area contributed by atoms with Crippen molar-refractivity contribution in [2.75, 3.05) is 25.6 Å². The molecule has 2 heterocycles. The molecule has 0 fully saturated rings. The number of nitrogens with one attached hydrogen (secondary N) is 1. The maximum Gasteiger partial charge on any atom is 0.341 e. The number of fused-ring (bicyclic) bond motifs is 2. The molecule has 0 saturated carbocycles. The zero-order valence-electron chi connectivity index (χ0n) is 16.1. The van der Waals surface area contributed by atoms with Gasteiger partial charge in [0.15, 0.2) is 11.5 Å². The van der Waals surface area contributed by atoms with Gasteiger partial charge in [0.05, 0.1) is 25.9 Å². The van der Waals surface area contributed by atoms with Crippen LogP contribution in [0, 0.1) is 6.92 Å². The van der Waals surface area contributed by atoms with Gasteiger partial charge in [0, 0.05) is 16.9 Å². The lowest BCUT2D eigenvalue weighted by Gasteiger charge is -2.13. The van der Waals surface area contributed by atoms with Crippen molar-refractivity contribution in [3.8, 4) is 11.5 Å². The molecule has 1 aliphatic heterocycles. The highest BCUT2D eigenvalue weighted by atomic mass is 32.1. The van der Waals surface area contributed by atoms with Crippen LogP contribution in [0.2, 0.25) is 0 Å². The van der Waals surface area contributed by atoms with E-state index in [0.717, 1.165) is 48.1 Å². The van der Waals surface area contributed by atoms with E-state index in [4.69, 9.17) is 14.2 Å². The van der Waals surface area contributed by atoms with E-state index >= 15 is 0 Å². The molecule has 0 unspecified atom stereocenters. The van der Waals surface area contributed by atoms with E-state index in [0.29, 0.717) is 40.8 Å². The van der Waals surface area contributed by atoms with Gasteiger partial charge in [0.1, 0.15) is 5.00 Å². The molecule has 4 rings (SSSR count). The molecule has 2 aromatic rings. The van der Waals surface area contributed by atoms with Crippen molar-refractivity contribution in [1.29, 1.82) is 0 Å². The molecule has 1 amide bonds. The summed E-state index contributed by atoms with van der Waals surface area (Å²) in [6.07, 6.45) is 4.72. The average molecular weight is 401 g/mol. The fourth-order valence-electron chi connectivity index (χ4n) is 3.70. The summed E-state index contributed by atoms with van der Waals surface area (Å²) >= 11 is 1.48. The van der Waals surface area contributed by atoms with Crippen molar-refractivity contribution in [3.05, 3.63) is 39.3 Å². The average Bonchev–Trinajstić information content (AvgIpc) is 2.89. The minimum Gasteiger partial charge on any atom is -0.490 e. The molecule has 0 bridgehead atoms. The first-order valence-corrected chi connectivity index (χ1v) is 10.3. The number of carbonyl (C=O) groups excluding carboxylic acids is 2. The van der Waals surface area contributed by atoms with Crippen LogP contribution >= 0.6 is 11.3 Å². The molecule has 2 aliphatic rings. The van der Waals surface area contributed by atoms with Gasteiger partial charge in [-0.1, -0.05) is 0 Å². The lowest BCUT2D eigenvalue weighted by molar-refractivity contribution is 0.0601. The number of methoxy groups -OCH3 is 1. The van der Waals surface area contributed by atoms with Crippen LogP contribution in [-0.2, 0) is 17.6 Å². The topological polar surface area (TPSA) is 73.9 Å². The second-order valence-corrected chi connectivity index (χ2v) is 8.13. The summed E-state index contributed by atoms with van der Waals surface area (Å²) in [7, 11) is 1.37. The molecular weight excluding hydrogens is 378 g/mol. The molecule has 0 saturated heterocycles. The minimum atomic E-state index is -0.398. The number of esters is 1. The van der Waals surface area contributed by atoms with Crippen LogP contribution in [0.15, 0.2) is 12.1 Å². The summed E-state index contributed by atoms with van der Waals surface area (Å²) in [5, 5.41) is 3.51. The Labute approximate surface area is 167 Å². The molecule has 28 heavy (non-hydrogen) atoms. The number of carbonyl (C=O) groups is 2. The zero-order chi connectivity index (χ0) is 19.7. The Morgan fingerprint density at radius 1 is 1.07 bits per heavy atom. The fourth-order valence-corrected chi connectivity index (χ4v) is 4.97. The molecule has 148 valence electrons. The SMILES string of the molecule is COC(=O)c1c(NC(=O)c2cc3c(cc2C)OCCCO3)sc2c1CCCC2. The number of hydrogen-bond donors (Lipinski definition) is 1.